The predicted octanol–water partition coefficient (Wildman–Crippen LogP) is -1.25. The topological polar surface area (TPSA) is 75.7 Å². The van der Waals surface area contributed by atoms with Gasteiger partial charge in [0.1, 0.15) is 6.10 Å². The van der Waals surface area contributed by atoms with Crippen LogP contribution in [0, 0.1) is 0 Å². The van der Waals surface area contributed by atoms with Crippen molar-refractivity contribution in [3.8, 4) is 0 Å². The molecule has 1 heterocycles. The van der Waals surface area contributed by atoms with E-state index in [0.29, 0.717) is 0 Å². The molecule has 1 aliphatic heterocycles. The summed E-state index contributed by atoms with van der Waals surface area (Å²) < 4.78 is 17.4. The van der Waals surface area contributed by atoms with E-state index in [-0.39, 0.29) is 0 Å². The second-order valence-corrected chi connectivity index (χ2v) is 2.74. The zero-order valence-electron chi connectivity index (χ0n) is 6.14. The minimum atomic E-state index is -1.80. The zero-order chi connectivity index (χ0) is 8.59. The Morgan fingerprint density at radius 1 is 1.45 bits per heavy atom. The number of aliphatic hydroxyl groups excluding tert-OH is 2. The molecule has 0 radical (unpaired) electrons. The van der Waals surface area contributed by atoms with Crippen LogP contribution in [0.2, 0.25) is 0 Å². The predicted molar refractivity (Wildman–Crippen MR) is 35.4 cm³/mol. The normalized spacial score (nSPS) is 52.6. The summed E-state index contributed by atoms with van der Waals surface area (Å²) in [5.41, 5.74) is 5.35. The zero-order valence-corrected chi connectivity index (χ0v) is 6.14. The molecule has 0 aliphatic carbocycles. The van der Waals surface area contributed by atoms with E-state index in [0.717, 1.165) is 0 Å². The summed E-state index contributed by atoms with van der Waals surface area (Å²) in [5.74, 6) is 0. The van der Waals surface area contributed by atoms with Crippen molar-refractivity contribution in [3.05, 3.63) is 0 Å². The van der Waals surface area contributed by atoms with Crippen molar-refractivity contribution in [1.29, 1.82) is 0 Å². The highest BCUT2D eigenvalue weighted by Gasteiger charge is 2.41. The summed E-state index contributed by atoms with van der Waals surface area (Å²) in [6.45, 7) is 1.57. The third-order valence-corrected chi connectivity index (χ3v) is 1.89. The molecular weight excluding hydrogens is 153 g/mol. The van der Waals surface area contributed by atoms with Gasteiger partial charge >= 0.3 is 0 Å². The molecule has 0 aromatic carbocycles. The molecule has 1 rings (SSSR count). The van der Waals surface area contributed by atoms with Crippen LogP contribution >= 0.6 is 0 Å². The first-order valence-corrected chi connectivity index (χ1v) is 3.45. The number of ether oxygens (including phenoxy) is 1. The number of nitrogens with two attached hydrogens (primary N) is 1. The molecule has 4 nitrogen and oxygen atoms in total. The summed E-state index contributed by atoms with van der Waals surface area (Å²) in [7, 11) is 0. The van der Waals surface area contributed by atoms with E-state index in [2.05, 4.69) is 4.74 Å². The molecule has 5 atom stereocenters. The standard InChI is InChI=1S/C6H12FNO3/c1-2-4(8)5(9)3(7)6(10)11-2/h2-6,9-10H,8H2,1H3/t2-,3+,4+,5-,6?/m0/s1. The summed E-state index contributed by atoms with van der Waals surface area (Å²) in [5, 5.41) is 17.9. The first-order valence-electron chi connectivity index (χ1n) is 3.45. The lowest BCUT2D eigenvalue weighted by Crippen LogP contribution is -2.58. The van der Waals surface area contributed by atoms with Crippen molar-refractivity contribution < 1.29 is 19.3 Å². The molecule has 1 aliphatic rings. The van der Waals surface area contributed by atoms with Crippen molar-refractivity contribution in [2.75, 3.05) is 0 Å². The minimum absolute atomic E-state index is 0.521. The number of halogens is 1. The molecule has 1 saturated heterocycles. The Morgan fingerprint density at radius 2 is 2.00 bits per heavy atom. The first kappa shape index (κ1) is 8.86. The number of hydrogen-bond donors (Lipinski definition) is 3. The van der Waals surface area contributed by atoms with Crippen molar-refractivity contribution in [3.63, 3.8) is 0 Å². The highest BCUT2D eigenvalue weighted by atomic mass is 19.1. The van der Waals surface area contributed by atoms with Gasteiger partial charge in [0.15, 0.2) is 12.5 Å². The largest absolute Gasteiger partial charge is 0.388 e. The molecule has 0 amide bonds. The second kappa shape index (κ2) is 3.02. The number of hydrogen-bond acceptors (Lipinski definition) is 4. The SMILES string of the molecule is C[C@@H]1OC(O)[C@H](F)[C@H](O)[C@@H]1N. The summed E-state index contributed by atoms with van der Waals surface area (Å²) in [4.78, 5) is 0. The van der Waals surface area contributed by atoms with Gasteiger partial charge in [0, 0.05) is 0 Å². The van der Waals surface area contributed by atoms with E-state index in [1.165, 1.54) is 0 Å². The van der Waals surface area contributed by atoms with Gasteiger partial charge in [-0.1, -0.05) is 0 Å². The molecule has 11 heavy (non-hydrogen) atoms. The van der Waals surface area contributed by atoms with Gasteiger partial charge in [-0.3, -0.25) is 0 Å². The Balaban J connectivity index is 2.63. The maximum atomic E-state index is 12.7. The molecule has 66 valence electrons. The van der Waals surface area contributed by atoms with Crippen LogP contribution in [-0.4, -0.2) is 40.9 Å². The minimum Gasteiger partial charge on any atom is -0.388 e. The molecule has 0 bridgehead atoms. The molecule has 1 fully saturated rings. The Kier molecular flexibility index (Phi) is 2.43. The van der Waals surface area contributed by atoms with Gasteiger partial charge in [-0.15, -0.1) is 0 Å². The molecule has 0 aromatic heterocycles. The van der Waals surface area contributed by atoms with Gasteiger partial charge in [-0.25, -0.2) is 4.39 Å². The Labute approximate surface area is 63.8 Å². The van der Waals surface area contributed by atoms with E-state index in [9.17, 15) is 4.39 Å². The third-order valence-electron chi connectivity index (χ3n) is 1.89. The van der Waals surface area contributed by atoms with Crippen LogP contribution in [0.5, 0.6) is 0 Å². The average Bonchev–Trinajstić information content (AvgIpc) is 1.97. The van der Waals surface area contributed by atoms with Crippen LogP contribution in [0.3, 0.4) is 0 Å². The Bertz CT molecular complexity index is 132. The van der Waals surface area contributed by atoms with E-state index in [1.807, 2.05) is 0 Å². The van der Waals surface area contributed by atoms with Crippen LogP contribution in [0.1, 0.15) is 6.92 Å². The highest BCUT2D eigenvalue weighted by molar-refractivity contribution is 4.89. The first-order chi connectivity index (χ1) is 5.04. The van der Waals surface area contributed by atoms with Crippen LogP contribution in [0.4, 0.5) is 4.39 Å². The van der Waals surface area contributed by atoms with Crippen molar-refractivity contribution >= 4 is 0 Å². The summed E-state index contributed by atoms with van der Waals surface area (Å²) in [6, 6.07) is -0.770. The van der Waals surface area contributed by atoms with Gasteiger partial charge < -0.3 is 20.7 Å². The molecular formula is C6H12FNO3. The van der Waals surface area contributed by atoms with Crippen LogP contribution in [0.15, 0.2) is 0 Å². The molecule has 0 spiro atoms. The van der Waals surface area contributed by atoms with Crippen molar-refractivity contribution in [2.45, 2.75) is 37.6 Å². The average molecular weight is 165 g/mol. The van der Waals surface area contributed by atoms with E-state index >= 15 is 0 Å². The fraction of sp³-hybridized carbons (Fsp3) is 1.00. The third kappa shape index (κ3) is 1.51. The molecule has 4 N–H and O–H groups in total. The van der Waals surface area contributed by atoms with Crippen molar-refractivity contribution in [1.82, 2.24) is 0 Å². The second-order valence-electron chi connectivity index (χ2n) is 2.74. The van der Waals surface area contributed by atoms with Crippen molar-refractivity contribution in [2.24, 2.45) is 5.73 Å². The fourth-order valence-corrected chi connectivity index (χ4v) is 1.04. The van der Waals surface area contributed by atoms with Crippen LogP contribution in [0.25, 0.3) is 0 Å². The van der Waals surface area contributed by atoms with E-state index in [1.54, 1.807) is 6.92 Å². The van der Waals surface area contributed by atoms with Gasteiger partial charge in [-0.2, -0.15) is 0 Å². The molecule has 1 unspecified atom stereocenters. The number of aliphatic hydroxyl groups is 2. The maximum Gasteiger partial charge on any atom is 0.189 e. The Morgan fingerprint density at radius 3 is 2.55 bits per heavy atom. The van der Waals surface area contributed by atoms with E-state index in [4.69, 9.17) is 15.9 Å². The lowest BCUT2D eigenvalue weighted by atomic mass is 9.99. The molecule has 0 aromatic rings. The fourth-order valence-electron chi connectivity index (χ4n) is 1.04. The lowest BCUT2D eigenvalue weighted by molar-refractivity contribution is -0.230. The van der Waals surface area contributed by atoms with Crippen LogP contribution < -0.4 is 5.73 Å². The number of rotatable bonds is 0. The van der Waals surface area contributed by atoms with Crippen LogP contribution in [-0.2, 0) is 4.74 Å². The summed E-state index contributed by atoms with van der Waals surface area (Å²) >= 11 is 0. The molecule has 0 saturated carbocycles. The van der Waals surface area contributed by atoms with Gasteiger partial charge in [-0.05, 0) is 6.92 Å². The molecule has 5 heteroatoms. The van der Waals surface area contributed by atoms with Gasteiger partial charge in [0.05, 0.1) is 12.1 Å². The monoisotopic (exact) mass is 165 g/mol. The quantitative estimate of drug-likeness (QED) is 0.419. The van der Waals surface area contributed by atoms with E-state index < -0.39 is 30.7 Å². The van der Waals surface area contributed by atoms with Gasteiger partial charge in [0.25, 0.3) is 0 Å². The maximum absolute atomic E-state index is 12.7. The number of alkyl halides is 1. The smallest absolute Gasteiger partial charge is 0.189 e. The highest BCUT2D eigenvalue weighted by Crippen LogP contribution is 2.20. The Hall–Kier alpha value is -0.230. The summed E-state index contributed by atoms with van der Waals surface area (Å²) in [6.07, 6.45) is -5.22. The van der Waals surface area contributed by atoms with Gasteiger partial charge in [0.2, 0.25) is 0 Å². The lowest BCUT2D eigenvalue weighted by Gasteiger charge is -2.36.